The number of halogens is 1. The van der Waals surface area contributed by atoms with E-state index in [2.05, 4.69) is 0 Å². The average Bonchev–Trinajstić information content (AvgIpc) is 2.39. The Morgan fingerprint density at radius 2 is 2.26 bits per heavy atom. The molecule has 0 amide bonds. The largest absolute Gasteiger partial charge is 0.462 e. The SMILES string of the molecule is CCOC(=O)/C(C=N)=C1/CCCc2cc(F)ccc21. The zero-order chi connectivity index (χ0) is 13.8. The smallest absolute Gasteiger partial charge is 0.339 e. The Hall–Kier alpha value is -1.97. The molecule has 0 fully saturated rings. The van der Waals surface area contributed by atoms with Gasteiger partial charge in [-0.2, -0.15) is 0 Å². The van der Waals surface area contributed by atoms with Crippen molar-refractivity contribution in [1.29, 1.82) is 5.41 Å². The lowest BCUT2D eigenvalue weighted by Gasteiger charge is -2.20. The van der Waals surface area contributed by atoms with Crippen molar-refractivity contribution in [2.75, 3.05) is 6.61 Å². The molecule has 4 heteroatoms. The molecule has 1 N–H and O–H groups in total. The van der Waals surface area contributed by atoms with E-state index in [1.165, 1.54) is 12.1 Å². The number of aryl methyl sites for hydroxylation is 1. The van der Waals surface area contributed by atoms with E-state index in [4.69, 9.17) is 10.1 Å². The van der Waals surface area contributed by atoms with Gasteiger partial charge in [-0.05, 0) is 55.0 Å². The van der Waals surface area contributed by atoms with Gasteiger partial charge in [0, 0.05) is 6.21 Å². The molecule has 0 aliphatic heterocycles. The van der Waals surface area contributed by atoms with Crippen molar-refractivity contribution in [3.63, 3.8) is 0 Å². The van der Waals surface area contributed by atoms with Crippen LogP contribution in [-0.4, -0.2) is 18.8 Å². The summed E-state index contributed by atoms with van der Waals surface area (Å²) < 4.78 is 18.2. The zero-order valence-corrected chi connectivity index (χ0v) is 10.8. The fourth-order valence-corrected chi connectivity index (χ4v) is 2.41. The maximum absolute atomic E-state index is 13.2. The second-order valence-corrected chi connectivity index (χ2v) is 4.41. The van der Waals surface area contributed by atoms with Crippen LogP contribution in [0.4, 0.5) is 4.39 Å². The summed E-state index contributed by atoms with van der Waals surface area (Å²) in [4.78, 5) is 11.8. The lowest BCUT2D eigenvalue weighted by atomic mass is 9.85. The second-order valence-electron chi connectivity index (χ2n) is 4.41. The number of esters is 1. The Kier molecular flexibility index (Phi) is 4.10. The van der Waals surface area contributed by atoms with Crippen LogP contribution in [0.3, 0.4) is 0 Å². The van der Waals surface area contributed by atoms with Gasteiger partial charge < -0.3 is 10.1 Å². The van der Waals surface area contributed by atoms with Gasteiger partial charge in [0.05, 0.1) is 12.2 Å². The van der Waals surface area contributed by atoms with Crippen LogP contribution in [0, 0.1) is 11.2 Å². The molecular formula is C15H16FNO2. The van der Waals surface area contributed by atoms with Crippen LogP contribution in [-0.2, 0) is 16.0 Å². The maximum Gasteiger partial charge on any atom is 0.339 e. The fraction of sp³-hybridized carbons (Fsp3) is 0.333. The predicted molar refractivity (Wildman–Crippen MR) is 71.7 cm³/mol. The van der Waals surface area contributed by atoms with Crippen molar-refractivity contribution in [2.45, 2.75) is 26.2 Å². The zero-order valence-electron chi connectivity index (χ0n) is 10.8. The third-order valence-corrected chi connectivity index (χ3v) is 3.23. The Bertz CT molecular complexity index is 549. The van der Waals surface area contributed by atoms with Crippen LogP contribution in [0.5, 0.6) is 0 Å². The van der Waals surface area contributed by atoms with Crippen LogP contribution in [0.25, 0.3) is 5.57 Å². The molecule has 100 valence electrons. The topological polar surface area (TPSA) is 50.2 Å². The Balaban J connectivity index is 2.51. The summed E-state index contributed by atoms with van der Waals surface area (Å²) in [6, 6.07) is 4.57. The number of rotatable bonds is 3. The quantitative estimate of drug-likeness (QED) is 0.516. The number of carbonyl (C=O) groups is 1. The van der Waals surface area contributed by atoms with Crippen molar-refractivity contribution in [1.82, 2.24) is 0 Å². The van der Waals surface area contributed by atoms with E-state index in [1.54, 1.807) is 13.0 Å². The van der Waals surface area contributed by atoms with Crippen molar-refractivity contribution in [3.8, 4) is 0 Å². The molecule has 0 saturated carbocycles. The highest BCUT2D eigenvalue weighted by Gasteiger charge is 2.21. The Morgan fingerprint density at radius 3 is 2.95 bits per heavy atom. The number of allylic oxidation sites excluding steroid dienone is 1. The predicted octanol–water partition coefficient (Wildman–Crippen LogP) is 3.13. The number of ether oxygens (including phenoxy) is 1. The molecule has 3 nitrogen and oxygen atoms in total. The number of carbonyl (C=O) groups excluding carboxylic acids is 1. The van der Waals surface area contributed by atoms with Crippen LogP contribution in [0.15, 0.2) is 23.8 Å². The highest BCUT2D eigenvalue weighted by Crippen LogP contribution is 2.33. The summed E-state index contributed by atoms with van der Waals surface area (Å²) in [6.07, 6.45) is 3.39. The molecule has 0 aromatic heterocycles. The molecule has 2 rings (SSSR count). The molecule has 1 aliphatic carbocycles. The minimum Gasteiger partial charge on any atom is -0.462 e. The first-order chi connectivity index (χ1) is 9.17. The van der Waals surface area contributed by atoms with Crippen molar-refractivity contribution in [2.24, 2.45) is 0 Å². The van der Waals surface area contributed by atoms with E-state index < -0.39 is 5.97 Å². The van der Waals surface area contributed by atoms with Crippen LogP contribution >= 0.6 is 0 Å². The number of hydrogen-bond donors (Lipinski definition) is 1. The van der Waals surface area contributed by atoms with Gasteiger partial charge in [-0.1, -0.05) is 6.07 Å². The minimum atomic E-state index is -0.482. The molecule has 0 heterocycles. The normalized spacial score (nSPS) is 16.5. The molecule has 19 heavy (non-hydrogen) atoms. The monoisotopic (exact) mass is 261 g/mol. The molecule has 0 spiro atoms. The first-order valence-corrected chi connectivity index (χ1v) is 6.37. The summed E-state index contributed by atoms with van der Waals surface area (Å²) in [6.45, 7) is 2.01. The van der Waals surface area contributed by atoms with Crippen LogP contribution in [0.1, 0.15) is 30.9 Å². The van der Waals surface area contributed by atoms with Gasteiger partial charge >= 0.3 is 5.97 Å². The molecule has 1 aromatic carbocycles. The molecule has 1 aromatic rings. The van der Waals surface area contributed by atoms with Crippen LogP contribution in [0.2, 0.25) is 0 Å². The van der Waals surface area contributed by atoms with Crippen molar-refractivity contribution >= 4 is 17.8 Å². The van der Waals surface area contributed by atoms with Gasteiger partial charge in [0.15, 0.2) is 0 Å². The van der Waals surface area contributed by atoms with Gasteiger partial charge in [-0.3, -0.25) is 0 Å². The van der Waals surface area contributed by atoms with Crippen molar-refractivity contribution in [3.05, 3.63) is 40.7 Å². The highest BCUT2D eigenvalue weighted by molar-refractivity contribution is 6.15. The first kappa shape index (κ1) is 13.5. The molecule has 1 aliphatic rings. The molecular weight excluding hydrogens is 245 g/mol. The van der Waals surface area contributed by atoms with E-state index in [-0.39, 0.29) is 18.0 Å². The highest BCUT2D eigenvalue weighted by atomic mass is 19.1. The van der Waals surface area contributed by atoms with Gasteiger partial charge in [-0.15, -0.1) is 0 Å². The molecule has 0 unspecified atom stereocenters. The molecule has 0 bridgehead atoms. The van der Waals surface area contributed by atoms with Gasteiger partial charge in [0.25, 0.3) is 0 Å². The van der Waals surface area contributed by atoms with Crippen LogP contribution < -0.4 is 0 Å². The van der Waals surface area contributed by atoms with Gasteiger partial charge in [0.2, 0.25) is 0 Å². The van der Waals surface area contributed by atoms with E-state index >= 15 is 0 Å². The van der Waals surface area contributed by atoms with Gasteiger partial charge in [-0.25, -0.2) is 9.18 Å². The summed E-state index contributed by atoms with van der Waals surface area (Å²) in [5, 5.41) is 7.43. The summed E-state index contributed by atoms with van der Waals surface area (Å²) in [5.74, 6) is -0.753. The fourth-order valence-electron chi connectivity index (χ4n) is 2.41. The maximum atomic E-state index is 13.2. The summed E-state index contributed by atoms with van der Waals surface area (Å²) in [7, 11) is 0. The number of nitrogens with one attached hydrogen (secondary N) is 1. The number of benzene rings is 1. The second kappa shape index (κ2) is 5.78. The Morgan fingerprint density at radius 1 is 1.47 bits per heavy atom. The Labute approximate surface area is 111 Å². The molecule has 0 atom stereocenters. The lowest BCUT2D eigenvalue weighted by molar-refractivity contribution is -0.137. The third kappa shape index (κ3) is 2.72. The number of hydrogen-bond acceptors (Lipinski definition) is 3. The summed E-state index contributed by atoms with van der Waals surface area (Å²) >= 11 is 0. The lowest BCUT2D eigenvalue weighted by Crippen LogP contribution is -2.13. The molecule has 0 saturated heterocycles. The van der Waals surface area contributed by atoms with E-state index in [0.717, 1.165) is 35.8 Å². The van der Waals surface area contributed by atoms with Crippen molar-refractivity contribution < 1.29 is 13.9 Å². The van der Waals surface area contributed by atoms with E-state index in [1.807, 2.05) is 0 Å². The minimum absolute atomic E-state index is 0.271. The standard InChI is InChI=1S/C15H16FNO2/c1-2-19-15(18)14(9-17)13-5-3-4-10-8-11(16)6-7-12(10)13/h6-9,17H,2-5H2,1H3/b14-13-,17-9?. The first-order valence-electron chi connectivity index (χ1n) is 6.37. The van der Waals surface area contributed by atoms with E-state index in [0.29, 0.717) is 6.42 Å². The third-order valence-electron chi connectivity index (χ3n) is 3.23. The number of fused-ring (bicyclic) bond motifs is 1. The van der Waals surface area contributed by atoms with E-state index in [9.17, 15) is 9.18 Å². The average molecular weight is 261 g/mol. The van der Waals surface area contributed by atoms with Gasteiger partial charge in [0.1, 0.15) is 5.82 Å². The molecule has 0 radical (unpaired) electrons. The summed E-state index contributed by atoms with van der Waals surface area (Å²) in [5.41, 5.74) is 2.81.